The Morgan fingerprint density at radius 3 is 2.43 bits per heavy atom. The summed E-state index contributed by atoms with van der Waals surface area (Å²) in [6, 6.07) is 8.86. The molecular formula is C16H23NO4. The van der Waals surface area contributed by atoms with Crippen LogP contribution in [-0.4, -0.2) is 23.7 Å². The van der Waals surface area contributed by atoms with Crippen molar-refractivity contribution in [1.82, 2.24) is 5.32 Å². The normalized spacial score (nSPS) is 12.0. The second kappa shape index (κ2) is 9.00. The number of carboxylic acids is 1. The van der Waals surface area contributed by atoms with E-state index in [1.165, 1.54) is 0 Å². The second-order valence-corrected chi connectivity index (χ2v) is 5.35. The molecule has 1 aromatic carbocycles. The van der Waals surface area contributed by atoms with Gasteiger partial charge < -0.3 is 15.2 Å². The molecule has 0 spiro atoms. The number of hydrogen-bond donors (Lipinski definition) is 2. The summed E-state index contributed by atoms with van der Waals surface area (Å²) in [5.74, 6) is 0.382. The third-order valence-corrected chi connectivity index (χ3v) is 3.41. The number of para-hydroxylation sites is 1. The topological polar surface area (TPSA) is 75.6 Å². The van der Waals surface area contributed by atoms with E-state index in [1.54, 1.807) is 24.3 Å². The minimum Gasteiger partial charge on any atom is -0.481 e. The van der Waals surface area contributed by atoms with Crippen LogP contribution in [0, 0.1) is 11.8 Å². The molecule has 1 atom stereocenters. The number of nitrogens with one attached hydrogen (secondary N) is 1. The zero-order valence-corrected chi connectivity index (χ0v) is 12.5. The third kappa shape index (κ3) is 7.34. The summed E-state index contributed by atoms with van der Waals surface area (Å²) in [6.45, 7) is 4.61. The lowest BCUT2D eigenvalue weighted by atomic mass is 9.88. The molecule has 0 aromatic heterocycles. The first kappa shape index (κ1) is 17.0. The zero-order valence-electron chi connectivity index (χ0n) is 12.5. The minimum atomic E-state index is -0.780. The van der Waals surface area contributed by atoms with Crippen molar-refractivity contribution in [1.29, 1.82) is 0 Å². The highest BCUT2D eigenvalue weighted by molar-refractivity contribution is 5.70. The first-order valence-corrected chi connectivity index (χ1v) is 7.21. The fourth-order valence-corrected chi connectivity index (χ4v) is 2.11. The highest BCUT2D eigenvalue weighted by Gasteiger charge is 2.15. The quantitative estimate of drug-likeness (QED) is 0.771. The molecule has 1 aromatic rings. The number of benzene rings is 1. The Balaban J connectivity index is 2.29. The molecule has 0 fully saturated rings. The van der Waals surface area contributed by atoms with E-state index in [-0.39, 0.29) is 12.3 Å². The number of carbonyl (C=O) groups excluding carboxylic acids is 1. The van der Waals surface area contributed by atoms with Gasteiger partial charge in [-0.25, -0.2) is 4.79 Å². The Kier molecular flexibility index (Phi) is 7.29. The van der Waals surface area contributed by atoms with Crippen molar-refractivity contribution in [3.8, 4) is 5.75 Å². The predicted molar refractivity (Wildman–Crippen MR) is 80.3 cm³/mol. The second-order valence-electron chi connectivity index (χ2n) is 5.35. The van der Waals surface area contributed by atoms with Gasteiger partial charge in [-0.2, -0.15) is 0 Å². The lowest BCUT2D eigenvalue weighted by Gasteiger charge is -2.20. The first-order valence-electron chi connectivity index (χ1n) is 7.21. The summed E-state index contributed by atoms with van der Waals surface area (Å²) in [5, 5.41) is 11.4. The van der Waals surface area contributed by atoms with E-state index >= 15 is 0 Å². The van der Waals surface area contributed by atoms with Crippen molar-refractivity contribution in [2.24, 2.45) is 11.8 Å². The zero-order chi connectivity index (χ0) is 15.7. The van der Waals surface area contributed by atoms with Crippen LogP contribution in [0.3, 0.4) is 0 Å². The van der Waals surface area contributed by atoms with Gasteiger partial charge in [0.2, 0.25) is 0 Å². The van der Waals surface area contributed by atoms with Crippen molar-refractivity contribution in [3.63, 3.8) is 0 Å². The highest BCUT2D eigenvalue weighted by atomic mass is 16.6. The number of aliphatic carboxylic acids is 1. The Morgan fingerprint density at radius 1 is 1.19 bits per heavy atom. The summed E-state index contributed by atoms with van der Waals surface area (Å²) in [7, 11) is 0. The van der Waals surface area contributed by atoms with Crippen molar-refractivity contribution >= 4 is 12.1 Å². The van der Waals surface area contributed by atoms with E-state index in [9.17, 15) is 9.59 Å². The van der Waals surface area contributed by atoms with Crippen molar-refractivity contribution in [2.45, 2.75) is 33.1 Å². The highest BCUT2D eigenvalue weighted by Crippen LogP contribution is 2.20. The SMILES string of the molecule is CC(C)C(CCNC(=O)Oc1ccccc1)CCC(=O)O. The smallest absolute Gasteiger partial charge is 0.412 e. The van der Waals surface area contributed by atoms with E-state index in [0.717, 1.165) is 6.42 Å². The van der Waals surface area contributed by atoms with Crippen LogP contribution in [0.5, 0.6) is 5.75 Å². The van der Waals surface area contributed by atoms with Gasteiger partial charge in [0.1, 0.15) is 5.75 Å². The maximum Gasteiger partial charge on any atom is 0.412 e. The summed E-state index contributed by atoms with van der Waals surface area (Å²) >= 11 is 0. The van der Waals surface area contributed by atoms with E-state index in [1.807, 2.05) is 6.07 Å². The number of carbonyl (C=O) groups is 2. The van der Waals surface area contributed by atoms with Crippen LogP contribution in [0.4, 0.5) is 4.79 Å². The average Bonchev–Trinajstić information content (AvgIpc) is 2.43. The minimum absolute atomic E-state index is 0.164. The molecule has 21 heavy (non-hydrogen) atoms. The van der Waals surface area contributed by atoms with Crippen LogP contribution < -0.4 is 10.1 Å². The van der Waals surface area contributed by atoms with Crippen LogP contribution in [0.1, 0.15) is 33.1 Å². The summed E-state index contributed by atoms with van der Waals surface area (Å²) in [5.41, 5.74) is 0. The molecule has 0 bridgehead atoms. The van der Waals surface area contributed by atoms with Crippen LogP contribution in [0.25, 0.3) is 0 Å². The molecule has 116 valence electrons. The number of ether oxygens (including phenoxy) is 1. The lowest BCUT2D eigenvalue weighted by Crippen LogP contribution is -2.29. The molecule has 5 nitrogen and oxygen atoms in total. The van der Waals surface area contributed by atoms with Crippen LogP contribution in [0.2, 0.25) is 0 Å². The Labute approximate surface area is 125 Å². The van der Waals surface area contributed by atoms with Gasteiger partial charge >= 0.3 is 12.1 Å². The molecule has 0 aliphatic heterocycles. The van der Waals surface area contributed by atoms with Crippen LogP contribution >= 0.6 is 0 Å². The van der Waals surface area contributed by atoms with Gasteiger partial charge in [0.05, 0.1) is 0 Å². The van der Waals surface area contributed by atoms with Gasteiger partial charge in [0, 0.05) is 13.0 Å². The molecule has 1 unspecified atom stereocenters. The molecule has 2 N–H and O–H groups in total. The number of hydrogen-bond acceptors (Lipinski definition) is 3. The maximum atomic E-state index is 11.6. The van der Waals surface area contributed by atoms with E-state index < -0.39 is 12.1 Å². The van der Waals surface area contributed by atoms with Gasteiger partial charge in [0.25, 0.3) is 0 Å². The molecule has 0 radical (unpaired) electrons. The van der Waals surface area contributed by atoms with Gasteiger partial charge in [-0.1, -0.05) is 32.0 Å². The summed E-state index contributed by atoms with van der Waals surface area (Å²) in [4.78, 5) is 22.2. The Bertz CT molecular complexity index is 445. The number of rotatable bonds is 8. The Hall–Kier alpha value is -2.04. The first-order chi connectivity index (χ1) is 9.99. The van der Waals surface area contributed by atoms with Gasteiger partial charge in [0.15, 0.2) is 0 Å². The van der Waals surface area contributed by atoms with Crippen molar-refractivity contribution in [2.75, 3.05) is 6.54 Å². The maximum absolute atomic E-state index is 11.6. The van der Waals surface area contributed by atoms with Crippen molar-refractivity contribution < 1.29 is 19.4 Å². The molecule has 0 saturated heterocycles. The predicted octanol–water partition coefficient (Wildman–Crippen LogP) is 3.30. The molecule has 1 rings (SSSR count). The van der Waals surface area contributed by atoms with Crippen molar-refractivity contribution in [3.05, 3.63) is 30.3 Å². The molecule has 5 heteroatoms. The summed E-state index contributed by atoms with van der Waals surface area (Å²) in [6.07, 6.45) is 1.05. The Morgan fingerprint density at radius 2 is 1.86 bits per heavy atom. The largest absolute Gasteiger partial charge is 0.481 e. The van der Waals surface area contributed by atoms with Gasteiger partial charge in [-0.15, -0.1) is 0 Å². The lowest BCUT2D eigenvalue weighted by molar-refractivity contribution is -0.137. The molecule has 1 amide bonds. The van der Waals surface area contributed by atoms with Gasteiger partial charge in [-0.05, 0) is 36.8 Å². The van der Waals surface area contributed by atoms with Crippen LogP contribution in [0.15, 0.2) is 30.3 Å². The standard InChI is InChI=1S/C16H23NO4/c1-12(2)13(8-9-15(18)19)10-11-17-16(20)21-14-6-4-3-5-7-14/h3-7,12-13H,8-11H2,1-2H3,(H,17,20)(H,18,19). The summed E-state index contributed by atoms with van der Waals surface area (Å²) < 4.78 is 5.11. The number of carboxylic acid groups (broad SMARTS) is 1. The fraction of sp³-hybridized carbons (Fsp3) is 0.500. The fourth-order valence-electron chi connectivity index (χ4n) is 2.11. The average molecular weight is 293 g/mol. The van der Waals surface area contributed by atoms with E-state index in [2.05, 4.69) is 19.2 Å². The molecule has 0 aliphatic rings. The third-order valence-electron chi connectivity index (χ3n) is 3.41. The van der Waals surface area contributed by atoms with Crippen LogP contribution in [-0.2, 0) is 4.79 Å². The molecular weight excluding hydrogens is 270 g/mol. The molecule has 0 heterocycles. The molecule has 0 aliphatic carbocycles. The molecule has 0 saturated carbocycles. The van der Waals surface area contributed by atoms with Gasteiger partial charge in [-0.3, -0.25) is 4.79 Å². The van der Waals surface area contributed by atoms with E-state index in [0.29, 0.717) is 24.6 Å². The monoisotopic (exact) mass is 293 g/mol. The van der Waals surface area contributed by atoms with E-state index in [4.69, 9.17) is 9.84 Å². The number of amides is 1.